The quantitative estimate of drug-likeness (QED) is 0.679. The highest BCUT2D eigenvalue weighted by molar-refractivity contribution is 6.33. The van der Waals surface area contributed by atoms with Gasteiger partial charge in [0.25, 0.3) is 5.91 Å². The maximum Gasteiger partial charge on any atom is 0.276 e. The molecular weight excluding hydrogens is 264 g/mol. The van der Waals surface area contributed by atoms with Crippen LogP contribution in [0.1, 0.15) is 36.0 Å². The van der Waals surface area contributed by atoms with Crippen LogP contribution in [0.2, 0.25) is 5.02 Å². The van der Waals surface area contributed by atoms with Gasteiger partial charge in [-0.25, -0.2) is 14.3 Å². The Morgan fingerprint density at radius 1 is 1.28 bits per heavy atom. The molecule has 0 unspecified atom stereocenters. The minimum atomic E-state index is -1.12. The molecule has 0 aliphatic heterocycles. The van der Waals surface area contributed by atoms with Crippen LogP contribution in [-0.2, 0) is 4.84 Å². The number of halogens is 3. The molecule has 1 amide bonds. The monoisotopic (exact) mass is 275 g/mol. The van der Waals surface area contributed by atoms with Gasteiger partial charge in [-0.05, 0) is 25.0 Å². The average Bonchev–Trinajstić information content (AvgIpc) is 2.84. The summed E-state index contributed by atoms with van der Waals surface area (Å²) in [5.41, 5.74) is 2.07. The van der Waals surface area contributed by atoms with Crippen LogP contribution in [0.3, 0.4) is 0 Å². The number of rotatable bonds is 3. The first-order valence-electron chi connectivity index (χ1n) is 5.68. The largest absolute Gasteiger partial charge is 0.276 e. The van der Waals surface area contributed by atoms with E-state index in [9.17, 15) is 13.6 Å². The zero-order valence-electron chi connectivity index (χ0n) is 9.51. The van der Waals surface area contributed by atoms with Crippen molar-refractivity contribution >= 4 is 17.5 Å². The maximum absolute atomic E-state index is 13.0. The van der Waals surface area contributed by atoms with E-state index in [0.717, 1.165) is 37.8 Å². The molecule has 1 aromatic rings. The van der Waals surface area contributed by atoms with Crippen molar-refractivity contribution in [3.8, 4) is 0 Å². The van der Waals surface area contributed by atoms with Crippen molar-refractivity contribution in [1.29, 1.82) is 0 Å². The molecule has 1 aliphatic rings. The van der Waals surface area contributed by atoms with Gasteiger partial charge in [-0.2, -0.15) is 0 Å². The SMILES string of the molecule is O=C(NOC1CCCC1)c1cc(F)c(F)cc1Cl. The van der Waals surface area contributed by atoms with Crippen molar-refractivity contribution < 1.29 is 18.4 Å². The second kappa shape index (κ2) is 5.63. The van der Waals surface area contributed by atoms with E-state index in [-0.39, 0.29) is 16.7 Å². The van der Waals surface area contributed by atoms with Crippen LogP contribution in [0.25, 0.3) is 0 Å². The third-order valence-corrected chi connectivity index (χ3v) is 3.19. The van der Waals surface area contributed by atoms with Crippen LogP contribution < -0.4 is 5.48 Å². The van der Waals surface area contributed by atoms with Gasteiger partial charge in [-0.15, -0.1) is 0 Å². The fourth-order valence-electron chi connectivity index (χ4n) is 1.89. The number of carbonyl (C=O) groups is 1. The van der Waals surface area contributed by atoms with E-state index in [4.69, 9.17) is 16.4 Å². The molecule has 1 saturated carbocycles. The van der Waals surface area contributed by atoms with Crippen molar-refractivity contribution in [2.45, 2.75) is 31.8 Å². The highest BCUT2D eigenvalue weighted by atomic mass is 35.5. The number of nitrogens with one attached hydrogen (secondary N) is 1. The molecule has 0 saturated heterocycles. The number of carbonyl (C=O) groups excluding carboxylic acids is 1. The number of hydrogen-bond donors (Lipinski definition) is 1. The molecule has 0 atom stereocenters. The normalized spacial score (nSPS) is 15.9. The number of hydrogen-bond acceptors (Lipinski definition) is 2. The molecule has 3 nitrogen and oxygen atoms in total. The van der Waals surface area contributed by atoms with E-state index in [2.05, 4.69) is 5.48 Å². The van der Waals surface area contributed by atoms with E-state index < -0.39 is 17.5 Å². The summed E-state index contributed by atoms with van der Waals surface area (Å²) in [5, 5.41) is -0.151. The second-order valence-corrected chi connectivity index (χ2v) is 4.61. The number of amides is 1. The van der Waals surface area contributed by atoms with Gasteiger partial charge in [0, 0.05) is 0 Å². The lowest BCUT2D eigenvalue weighted by Gasteiger charge is -2.12. The van der Waals surface area contributed by atoms with Crippen LogP contribution in [0.15, 0.2) is 12.1 Å². The summed E-state index contributed by atoms with van der Waals surface area (Å²) < 4.78 is 25.8. The van der Waals surface area contributed by atoms with E-state index in [1.165, 1.54) is 0 Å². The van der Waals surface area contributed by atoms with Crippen molar-refractivity contribution in [1.82, 2.24) is 5.48 Å². The van der Waals surface area contributed by atoms with E-state index in [0.29, 0.717) is 0 Å². The molecule has 1 N–H and O–H groups in total. The molecule has 1 fully saturated rings. The molecule has 1 aliphatic carbocycles. The fraction of sp³-hybridized carbons (Fsp3) is 0.417. The first-order chi connectivity index (χ1) is 8.58. The van der Waals surface area contributed by atoms with Crippen molar-refractivity contribution in [3.63, 3.8) is 0 Å². The molecular formula is C12H12ClF2NO2. The van der Waals surface area contributed by atoms with Crippen LogP contribution in [0, 0.1) is 11.6 Å². The molecule has 0 heterocycles. The summed E-state index contributed by atoms with van der Waals surface area (Å²) in [6.07, 6.45) is 3.87. The number of benzene rings is 1. The minimum Gasteiger partial charge on any atom is -0.270 e. The molecule has 1 aromatic carbocycles. The van der Waals surface area contributed by atoms with Crippen molar-refractivity contribution in [2.75, 3.05) is 0 Å². The highest BCUT2D eigenvalue weighted by Gasteiger charge is 2.19. The van der Waals surface area contributed by atoms with Gasteiger partial charge in [-0.3, -0.25) is 9.63 Å². The maximum atomic E-state index is 13.0. The van der Waals surface area contributed by atoms with Gasteiger partial charge in [0.15, 0.2) is 11.6 Å². The Hall–Kier alpha value is -1.20. The van der Waals surface area contributed by atoms with Gasteiger partial charge >= 0.3 is 0 Å². The topological polar surface area (TPSA) is 38.3 Å². The molecule has 98 valence electrons. The Kier molecular flexibility index (Phi) is 4.14. The third kappa shape index (κ3) is 2.97. The van der Waals surface area contributed by atoms with Crippen molar-refractivity contribution in [3.05, 3.63) is 34.4 Å². The molecule has 6 heteroatoms. The molecule has 0 spiro atoms. The average molecular weight is 276 g/mol. The predicted molar refractivity (Wildman–Crippen MR) is 62.2 cm³/mol. The first kappa shape index (κ1) is 13.2. The lowest BCUT2D eigenvalue weighted by molar-refractivity contribution is -0.0125. The summed E-state index contributed by atoms with van der Waals surface area (Å²) in [4.78, 5) is 16.8. The Morgan fingerprint density at radius 2 is 1.89 bits per heavy atom. The summed E-state index contributed by atoms with van der Waals surface area (Å²) >= 11 is 5.67. The fourth-order valence-corrected chi connectivity index (χ4v) is 2.13. The van der Waals surface area contributed by atoms with Gasteiger partial charge in [-0.1, -0.05) is 24.4 Å². The Morgan fingerprint density at radius 3 is 2.56 bits per heavy atom. The molecule has 0 aromatic heterocycles. The Labute approximate surface area is 108 Å². The zero-order chi connectivity index (χ0) is 13.1. The summed E-state index contributed by atoms with van der Waals surface area (Å²) in [7, 11) is 0. The number of hydroxylamine groups is 1. The zero-order valence-corrected chi connectivity index (χ0v) is 10.3. The minimum absolute atomic E-state index is 0.0157. The summed E-state index contributed by atoms with van der Waals surface area (Å²) in [6, 6.07) is 1.52. The molecule has 2 rings (SSSR count). The van der Waals surface area contributed by atoms with E-state index in [1.807, 2.05) is 0 Å². The van der Waals surface area contributed by atoms with Crippen LogP contribution in [0.4, 0.5) is 8.78 Å². The highest BCUT2D eigenvalue weighted by Crippen LogP contribution is 2.22. The van der Waals surface area contributed by atoms with Crippen molar-refractivity contribution in [2.24, 2.45) is 0 Å². The first-order valence-corrected chi connectivity index (χ1v) is 6.06. The van der Waals surface area contributed by atoms with E-state index in [1.54, 1.807) is 0 Å². The lowest BCUT2D eigenvalue weighted by Crippen LogP contribution is -2.28. The second-order valence-electron chi connectivity index (χ2n) is 4.20. The summed E-state index contributed by atoms with van der Waals surface area (Å²) in [5.74, 6) is -2.88. The van der Waals surface area contributed by atoms with Crippen LogP contribution in [0.5, 0.6) is 0 Å². The smallest absolute Gasteiger partial charge is 0.270 e. The Bertz CT molecular complexity index is 462. The van der Waals surface area contributed by atoms with Gasteiger partial charge in [0.1, 0.15) is 0 Å². The van der Waals surface area contributed by atoms with Gasteiger partial charge in [0.05, 0.1) is 16.7 Å². The molecule has 18 heavy (non-hydrogen) atoms. The predicted octanol–water partition coefficient (Wildman–Crippen LogP) is 3.22. The van der Waals surface area contributed by atoms with Gasteiger partial charge in [0.2, 0.25) is 0 Å². The molecule has 0 radical (unpaired) electrons. The van der Waals surface area contributed by atoms with Gasteiger partial charge < -0.3 is 0 Å². The Balaban J connectivity index is 2.01. The standard InChI is InChI=1S/C12H12ClF2NO2/c13-9-6-11(15)10(14)5-8(9)12(17)16-18-7-3-1-2-4-7/h5-7H,1-4H2,(H,16,17). The molecule has 0 bridgehead atoms. The summed E-state index contributed by atoms with van der Waals surface area (Å²) in [6.45, 7) is 0. The van der Waals surface area contributed by atoms with Crippen LogP contribution >= 0.6 is 11.6 Å². The lowest BCUT2D eigenvalue weighted by atomic mass is 10.2. The van der Waals surface area contributed by atoms with E-state index >= 15 is 0 Å². The third-order valence-electron chi connectivity index (χ3n) is 2.88. The van der Waals surface area contributed by atoms with Crippen LogP contribution in [-0.4, -0.2) is 12.0 Å².